The van der Waals surface area contributed by atoms with Crippen LogP contribution in [0, 0.1) is 11.8 Å². The summed E-state index contributed by atoms with van der Waals surface area (Å²) in [5, 5.41) is 10.3. The first-order valence-corrected chi connectivity index (χ1v) is 10.9. The van der Waals surface area contributed by atoms with Crippen LogP contribution >= 0.6 is 0 Å². The fraction of sp³-hybridized carbons (Fsp3) is 0.440. The van der Waals surface area contributed by atoms with Crippen LogP contribution in [0.2, 0.25) is 0 Å². The van der Waals surface area contributed by atoms with Crippen LogP contribution in [0.1, 0.15) is 25.0 Å². The molecule has 0 fully saturated rings. The van der Waals surface area contributed by atoms with Crippen molar-refractivity contribution >= 4 is 11.9 Å². The third-order valence-corrected chi connectivity index (χ3v) is 5.64. The van der Waals surface area contributed by atoms with Crippen LogP contribution in [-0.2, 0) is 31.9 Å². The lowest BCUT2D eigenvalue weighted by Crippen LogP contribution is -2.29. The van der Waals surface area contributed by atoms with Gasteiger partial charge in [-0.3, -0.25) is 9.59 Å². The fourth-order valence-corrected chi connectivity index (χ4v) is 3.91. The van der Waals surface area contributed by atoms with E-state index in [2.05, 4.69) is 0 Å². The first-order chi connectivity index (χ1) is 16.3. The SMILES string of the molecule is COc1cc(C[C@@H](COC(C)=O)[C@H](COC(C)=O)Cc2ccc3c(c2)OCO3)cc(OC)c1O. The van der Waals surface area contributed by atoms with Gasteiger partial charge in [-0.15, -0.1) is 0 Å². The molecule has 0 aromatic heterocycles. The monoisotopic (exact) mass is 474 g/mol. The largest absolute Gasteiger partial charge is 0.502 e. The molecule has 2 atom stereocenters. The maximum atomic E-state index is 11.6. The number of hydrogen-bond donors (Lipinski definition) is 1. The molecule has 0 amide bonds. The van der Waals surface area contributed by atoms with Crippen molar-refractivity contribution in [2.24, 2.45) is 11.8 Å². The zero-order chi connectivity index (χ0) is 24.7. The Morgan fingerprint density at radius 2 is 1.38 bits per heavy atom. The second-order valence-electron chi connectivity index (χ2n) is 8.07. The molecule has 0 unspecified atom stereocenters. The molecule has 9 nitrogen and oxygen atoms in total. The van der Waals surface area contributed by atoms with Gasteiger partial charge in [0.2, 0.25) is 12.5 Å². The van der Waals surface area contributed by atoms with Crippen LogP contribution in [0.4, 0.5) is 0 Å². The first-order valence-electron chi connectivity index (χ1n) is 10.9. The molecule has 1 heterocycles. The van der Waals surface area contributed by atoms with E-state index in [1.807, 2.05) is 18.2 Å². The molecule has 184 valence electrons. The van der Waals surface area contributed by atoms with E-state index in [-0.39, 0.29) is 49.1 Å². The Bertz CT molecular complexity index is 992. The van der Waals surface area contributed by atoms with Crippen molar-refractivity contribution in [3.05, 3.63) is 41.5 Å². The third-order valence-electron chi connectivity index (χ3n) is 5.64. The molecule has 0 spiro atoms. The zero-order valence-electron chi connectivity index (χ0n) is 19.8. The van der Waals surface area contributed by atoms with Crippen LogP contribution in [0.25, 0.3) is 0 Å². The topological polar surface area (TPSA) is 110 Å². The summed E-state index contributed by atoms with van der Waals surface area (Å²) in [6, 6.07) is 9.10. The van der Waals surface area contributed by atoms with E-state index in [1.54, 1.807) is 12.1 Å². The van der Waals surface area contributed by atoms with E-state index < -0.39 is 11.9 Å². The third kappa shape index (κ3) is 6.46. The van der Waals surface area contributed by atoms with Crippen LogP contribution in [0.3, 0.4) is 0 Å². The van der Waals surface area contributed by atoms with Gasteiger partial charge in [0.15, 0.2) is 23.0 Å². The summed E-state index contributed by atoms with van der Waals surface area (Å²) in [6.07, 6.45) is 0.999. The van der Waals surface area contributed by atoms with Crippen molar-refractivity contribution in [3.63, 3.8) is 0 Å². The summed E-state index contributed by atoms with van der Waals surface area (Å²) in [5.74, 6) is 0.591. The van der Waals surface area contributed by atoms with Crippen LogP contribution in [-0.4, -0.2) is 51.3 Å². The molecular weight excluding hydrogens is 444 g/mol. The number of esters is 2. The standard InChI is InChI=1S/C25H30O9/c1-15(26)31-12-19(7-17-5-6-21-22(9-17)34-14-33-21)20(13-32-16(2)27)8-18-10-23(29-3)25(28)24(11-18)30-4/h5-6,9-11,19-20,28H,7-8,12-14H2,1-4H3/t19-,20-/m0/s1. The molecule has 0 saturated heterocycles. The molecule has 9 heteroatoms. The highest BCUT2D eigenvalue weighted by molar-refractivity contribution is 5.66. The van der Waals surface area contributed by atoms with Gasteiger partial charge in [0.05, 0.1) is 27.4 Å². The number of hydrogen-bond acceptors (Lipinski definition) is 9. The van der Waals surface area contributed by atoms with E-state index >= 15 is 0 Å². The quantitative estimate of drug-likeness (QED) is 0.491. The average Bonchev–Trinajstić information content (AvgIpc) is 3.28. The Morgan fingerprint density at radius 1 is 0.853 bits per heavy atom. The molecular formula is C25H30O9. The minimum absolute atomic E-state index is 0.0953. The number of ether oxygens (including phenoxy) is 6. The van der Waals surface area contributed by atoms with Crippen molar-refractivity contribution in [2.75, 3.05) is 34.2 Å². The Hall–Kier alpha value is -3.62. The number of aromatic hydroxyl groups is 1. The predicted octanol–water partition coefficient (Wildman–Crippen LogP) is 3.28. The lowest BCUT2D eigenvalue weighted by Gasteiger charge is -2.27. The van der Waals surface area contributed by atoms with Crippen molar-refractivity contribution in [1.82, 2.24) is 0 Å². The predicted molar refractivity (Wildman–Crippen MR) is 121 cm³/mol. The maximum absolute atomic E-state index is 11.6. The molecule has 2 aromatic rings. The van der Waals surface area contributed by atoms with Gasteiger partial charge in [0.25, 0.3) is 0 Å². The van der Waals surface area contributed by atoms with E-state index in [0.717, 1.165) is 11.1 Å². The Morgan fingerprint density at radius 3 is 1.91 bits per heavy atom. The molecule has 0 radical (unpaired) electrons. The molecule has 2 aromatic carbocycles. The van der Waals surface area contributed by atoms with Crippen LogP contribution in [0.5, 0.6) is 28.7 Å². The van der Waals surface area contributed by atoms with E-state index in [1.165, 1.54) is 28.1 Å². The van der Waals surface area contributed by atoms with E-state index in [9.17, 15) is 14.7 Å². The van der Waals surface area contributed by atoms with Crippen molar-refractivity contribution in [2.45, 2.75) is 26.7 Å². The number of phenols is 1. The van der Waals surface area contributed by atoms with Gasteiger partial charge < -0.3 is 33.5 Å². The summed E-state index contributed by atoms with van der Waals surface area (Å²) >= 11 is 0. The summed E-state index contributed by atoms with van der Waals surface area (Å²) in [6.45, 7) is 3.14. The maximum Gasteiger partial charge on any atom is 0.302 e. The van der Waals surface area contributed by atoms with Gasteiger partial charge in [0.1, 0.15) is 0 Å². The number of rotatable bonds is 11. The number of phenolic OH excluding ortho intramolecular Hbond substituents is 1. The zero-order valence-corrected chi connectivity index (χ0v) is 19.8. The lowest BCUT2D eigenvalue weighted by molar-refractivity contribution is -0.147. The van der Waals surface area contributed by atoms with Gasteiger partial charge in [0, 0.05) is 25.7 Å². The highest BCUT2D eigenvalue weighted by Crippen LogP contribution is 2.39. The van der Waals surface area contributed by atoms with Crippen LogP contribution in [0.15, 0.2) is 30.3 Å². The minimum Gasteiger partial charge on any atom is -0.502 e. The van der Waals surface area contributed by atoms with Crippen molar-refractivity contribution in [1.29, 1.82) is 0 Å². The number of fused-ring (bicyclic) bond motifs is 1. The molecule has 1 aliphatic rings. The van der Waals surface area contributed by atoms with Gasteiger partial charge in [-0.25, -0.2) is 0 Å². The van der Waals surface area contributed by atoms with Crippen LogP contribution < -0.4 is 18.9 Å². The molecule has 0 aliphatic carbocycles. The number of methoxy groups -OCH3 is 2. The number of carbonyl (C=O) groups is 2. The highest BCUT2D eigenvalue weighted by Gasteiger charge is 2.27. The smallest absolute Gasteiger partial charge is 0.302 e. The number of carbonyl (C=O) groups excluding carboxylic acids is 2. The summed E-state index contributed by atoms with van der Waals surface area (Å²) < 4.78 is 32.2. The fourth-order valence-electron chi connectivity index (χ4n) is 3.91. The molecule has 1 aliphatic heterocycles. The normalized spacial score (nSPS) is 13.6. The lowest BCUT2D eigenvalue weighted by atomic mass is 9.83. The molecule has 0 saturated carbocycles. The Kier molecular flexibility index (Phi) is 8.45. The molecule has 0 bridgehead atoms. The molecule has 3 rings (SSSR count). The highest BCUT2D eigenvalue weighted by atomic mass is 16.7. The van der Waals surface area contributed by atoms with Gasteiger partial charge >= 0.3 is 11.9 Å². The Balaban J connectivity index is 1.90. The van der Waals surface area contributed by atoms with E-state index in [4.69, 9.17) is 28.4 Å². The summed E-state index contributed by atoms with van der Waals surface area (Å²) in [5.41, 5.74) is 1.78. The van der Waals surface area contributed by atoms with Crippen molar-refractivity contribution < 1.29 is 43.1 Å². The first kappa shape index (κ1) is 25.0. The van der Waals surface area contributed by atoms with Gasteiger partial charge in [-0.2, -0.15) is 0 Å². The summed E-state index contributed by atoms with van der Waals surface area (Å²) in [4.78, 5) is 23.2. The minimum atomic E-state index is -0.403. The average molecular weight is 475 g/mol. The second-order valence-corrected chi connectivity index (χ2v) is 8.07. The Labute approximate surface area is 198 Å². The second kappa shape index (κ2) is 11.5. The van der Waals surface area contributed by atoms with Crippen molar-refractivity contribution in [3.8, 4) is 28.7 Å². The number of benzene rings is 2. The molecule has 1 N–H and O–H groups in total. The molecule has 34 heavy (non-hydrogen) atoms. The van der Waals surface area contributed by atoms with Gasteiger partial charge in [-0.1, -0.05) is 6.07 Å². The van der Waals surface area contributed by atoms with Gasteiger partial charge in [-0.05, 0) is 48.2 Å². The summed E-state index contributed by atoms with van der Waals surface area (Å²) in [7, 11) is 2.91. The van der Waals surface area contributed by atoms with E-state index in [0.29, 0.717) is 24.3 Å².